The fourth-order valence-corrected chi connectivity index (χ4v) is 1.20. The van der Waals surface area contributed by atoms with Gasteiger partial charge in [-0.05, 0) is 6.92 Å². The summed E-state index contributed by atoms with van der Waals surface area (Å²) in [6.07, 6.45) is 6.20. The number of rotatable bonds is 3. The molecule has 0 aliphatic rings. The number of nitrogens with one attached hydrogen (secondary N) is 1. The average molecular weight is 217 g/mol. The minimum atomic E-state index is -0.311. The topological polar surface area (TPSA) is 72.7 Å². The minimum absolute atomic E-state index is 0.272. The van der Waals surface area contributed by atoms with Crippen molar-refractivity contribution in [3.63, 3.8) is 0 Å². The van der Waals surface area contributed by atoms with Gasteiger partial charge in [0.15, 0.2) is 5.82 Å². The van der Waals surface area contributed by atoms with Gasteiger partial charge < -0.3 is 5.32 Å². The van der Waals surface area contributed by atoms with Gasteiger partial charge in [0.2, 0.25) is 0 Å². The zero-order valence-corrected chi connectivity index (χ0v) is 8.79. The predicted octanol–water partition coefficient (Wildman–Crippen LogP) is 0.945. The molecule has 0 saturated carbocycles. The molecule has 0 atom stereocenters. The van der Waals surface area contributed by atoms with E-state index in [0.717, 1.165) is 6.54 Å². The van der Waals surface area contributed by atoms with Crippen LogP contribution in [0.4, 0.5) is 5.82 Å². The summed E-state index contributed by atoms with van der Waals surface area (Å²) in [7, 11) is 0. The summed E-state index contributed by atoms with van der Waals surface area (Å²) >= 11 is 0. The molecule has 1 amide bonds. The molecule has 6 heteroatoms. The van der Waals surface area contributed by atoms with E-state index < -0.39 is 0 Å². The lowest BCUT2D eigenvalue weighted by Gasteiger charge is -1.99. The zero-order chi connectivity index (χ0) is 11.4. The van der Waals surface area contributed by atoms with Crippen molar-refractivity contribution in [2.45, 2.75) is 13.5 Å². The molecule has 1 N–H and O–H groups in total. The van der Waals surface area contributed by atoms with Gasteiger partial charge in [-0.25, -0.2) is 4.98 Å². The van der Waals surface area contributed by atoms with Crippen molar-refractivity contribution in [2.24, 2.45) is 0 Å². The second-order valence-corrected chi connectivity index (χ2v) is 3.10. The first-order valence-electron chi connectivity index (χ1n) is 4.90. The third kappa shape index (κ3) is 2.22. The number of anilines is 1. The van der Waals surface area contributed by atoms with E-state index in [9.17, 15) is 4.79 Å². The Hall–Kier alpha value is -2.24. The van der Waals surface area contributed by atoms with Crippen LogP contribution in [0.25, 0.3) is 0 Å². The highest BCUT2D eigenvalue weighted by atomic mass is 16.2. The molecule has 2 aromatic heterocycles. The summed E-state index contributed by atoms with van der Waals surface area (Å²) in [5.41, 5.74) is 0.272. The number of hydrogen-bond acceptors (Lipinski definition) is 4. The molecule has 16 heavy (non-hydrogen) atoms. The average Bonchev–Trinajstić information content (AvgIpc) is 2.78. The third-order valence-corrected chi connectivity index (χ3v) is 2.00. The number of carbonyl (C=O) groups is 1. The van der Waals surface area contributed by atoms with E-state index in [-0.39, 0.29) is 11.6 Å². The van der Waals surface area contributed by atoms with Crippen molar-refractivity contribution in [1.29, 1.82) is 0 Å². The SMILES string of the molecule is CCn1ccc(NC(=O)c2cnccn2)n1. The molecule has 0 unspecified atom stereocenters. The van der Waals surface area contributed by atoms with Crippen LogP contribution in [0.3, 0.4) is 0 Å². The van der Waals surface area contributed by atoms with Crippen LogP contribution in [0, 0.1) is 0 Å². The van der Waals surface area contributed by atoms with Gasteiger partial charge in [-0.3, -0.25) is 14.5 Å². The van der Waals surface area contributed by atoms with Crippen LogP contribution < -0.4 is 5.32 Å². The van der Waals surface area contributed by atoms with E-state index in [1.54, 1.807) is 16.9 Å². The molecule has 0 radical (unpaired) electrons. The molecule has 2 aromatic rings. The highest BCUT2D eigenvalue weighted by Crippen LogP contribution is 2.04. The van der Waals surface area contributed by atoms with Gasteiger partial charge in [0.25, 0.3) is 5.91 Å². The molecule has 0 aliphatic heterocycles. The Morgan fingerprint density at radius 2 is 2.38 bits per heavy atom. The number of amides is 1. The fraction of sp³-hybridized carbons (Fsp3) is 0.200. The fourth-order valence-electron chi connectivity index (χ4n) is 1.20. The van der Waals surface area contributed by atoms with Crippen LogP contribution in [0.2, 0.25) is 0 Å². The Morgan fingerprint density at radius 1 is 1.50 bits per heavy atom. The lowest BCUT2D eigenvalue weighted by atomic mass is 10.4. The molecule has 2 rings (SSSR count). The summed E-state index contributed by atoms with van der Waals surface area (Å²) in [4.78, 5) is 19.4. The molecule has 0 bridgehead atoms. The maximum atomic E-state index is 11.6. The summed E-state index contributed by atoms with van der Waals surface area (Å²) in [6, 6.07) is 1.73. The van der Waals surface area contributed by atoms with Crippen LogP contribution in [0.15, 0.2) is 30.9 Å². The Labute approximate surface area is 92.3 Å². The van der Waals surface area contributed by atoms with Crippen molar-refractivity contribution in [1.82, 2.24) is 19.7 Å². The monoisotopic (exact) mass is 217 g/mol. The molecule has 0 spiro atoms. The highest BCUT2D eigenvalue weighted by Gasteiger charge is 2.08. The van der Waals surface area contributed by atoms with E-state index in [1.807, 2.05) is 6.92 Å². The van der Waals surface area contributed by atoms with Crippen molar-refractivity contribution in [2.75, 3.05) is 5.32 Å². The second-order valence-electron chi connectivity index (χ2n) is 3.10. The van der Waals surface area contributed by atoms with Crippen LogP contribution in [0.5, 0.6) is 0 Å². The number of carbonyl (C=O) groups excluding carboxylic acids is 1. The lowest BCUT2D eigenvalue weighted by Crippen LogP contribution is -2.14. The van der Waals surface area contributed by atoms with Crippen molar-refractivity contribution >= 4 is 11.7 Å². The molecule has 0 fully saturated rings. The Balaban J connectivity index is 2.08. The first-order chi connectivity index (χ1) is 7.79. The summed E-state index contributed by atoms with van der Waals surface area (Å²) in [6.45, 7) is 2.74. The van der Waals surface area contributed by atoms with Gasteiger partial charge >= 0.3 is 0 Å². The summed E-state index contributed by atoms with van der Waals surface area (Å²) in [5.74, 6) is 0.201. The maximum absolute atomic E-state index is 11.6. The first kappa shape index (κ1) is 10.3. The number of nitrogens with zero attached hydrogens (tertiary/aromatic N) is 4. The van der Waals surface area contributed by atoms with Gasteiger partial charge in [-0.2, -0.15) is 5.10 Å². The smallest absolute Gasteiger partial charge is 0.277 e. The predicted molar refractivity (Wildman–Crippen MR) is 57.9 cm³/mol. The van der Waals surface area contributed by atoms with Crippen molar-refractivity contribution in [3.8, 4) is 0 Å². The largest absolute Gasteiger partial charge is 0.304 e. The molecule has 0 saturated heterocycles. The van der Waals surface area contributed by atoms with Crippen molar-refractivity contribution < 1.29 is 4.79 Å². The van der Waals surface area contributed by atoms with E-state index >= 15 is 0 Å². The molecular formula is C10H11N5O. The van der Waals surface area contributed by atoms with Crippen LogP contribution in [0.1, 0.15) is 17.4 Å². The van der Waals surface area contributed by atoms with Gasteiger partial charge in [0, 0.05) is 31.2 Å². The quantitative estimate of drug-likeness (QED) is 0.830. The third-order valence-electron chi connectivity index (χ3n) is 2.00. The van der Waals surface area contributed by atoms with Gasteiger partial charge in [0.05, 0.1) is 6.20 Å². The molecule has 0 aromatic carbocycles. The standard InChI is InChI=1S/C10H11N5O/c1-2-15-6-3-9(14-15)13-10(16)8-7-11-4-5-12-8/h3-7H,2H2,1H3,(H,13,14,16). The molecule has 2 heterocycles. The van der Waals surface area contributed by atoms with E-state index in [2.05, 4.69) is 20.4 Å². The van der Waals surface area contributed by atoms with Crippen LogP contribution >= 0.6 is 0 Å². The number of aromatic nitrogens is 4. The highest BCUT2D eigenvalue weighted by molar-refractivity contribution is 6.01. The van der Waals surface area contributed by atoms with E-state index in [1.165, 1.54) is 18.6 Å². The maximum Gasteiger partial charge on any atom is 0.277 e. The van der Waals surface area contributed by atoms with Gasteiger partial charge in [0.1, 0.15) is 5.69 Å². The summed E-state index contributed by atoms with van der Waals surface area (Å²) < 4.78 is 1.73. The first-order valence-corrected chi connectivity index (χ1v) is 4.90. The number of hydrogen-bond donors (Lipinski definition) is 1. The molecular weight excluding hydrogens is 206 g/mol. The normalized spacial score (nSPS) is 10.1. The van der Waals surface area contributed by atoms with Crippen LogP contribution in [-0.2, 0) is 6.54 Å². The number of aryl methyl sites for hydroxylation is 1. The Bertz CT molecular complexity index is 479. The van der Waals surface area contributed by atoms with Gasteiger partial charge in [-0.15, -0.1) is 0 Å². The van der Waals surface area contributed by atoms with Crippen LogP contribution in [-0.4, -0.2) is 25.7 Å². The van der Waals surface area contributed by atoms with Gasteiger partial charge in [-0.1, -0.05) is 0 Å². The Kier molecular flexibility index (Phi) is 2.90. The zero-order valence-electron chi connectivity index (χ0n) is 8.79. The second kappa shape index (κ2) is 4.52. The molecule has 0 aliphatic carbocycles. The summed E-state index contributed by atoms with van der Waals surface area (Å²) in [5, 5.41) is 6.77. The van der Waals surface area contributed by atoms with E-state index in [4.69, 9.17) is 0 Å². The lowest BCUT2D eigenvalue weighted by molar-refractivity contribution is 0.102. The van der Waals surface area contributed by atoms with E-state index in [0.29, 0.717) is 5.82 Å². The Morgan fingerprint density at radius 3 is 3.00 bits per heavy atom. The van der Waals surface area contributed by atoms with Crippen molar-refractivity contribution in [3.05, 3.63) is 36.5 Å². The molecule has 82 valence electrons. The minimum Gasteiger partial charge on any atom is -0.304 e. The molecule has 6 nitrogen and oxygen atoms in total.